The molecule has 0 saturated carbocycles. The molecule has 1 unspecified atom stereocenters. The summed E-state index contributed by atoms with van der Waals surface area (Å²) in [5.74, 6) is 2.08. The molecule has 5 heteroatoms. The van der Waals surface area contributed by atoms with E-state index in [0.29, 0.717) is 6.04 Å². The van der Waals surface area contributed by atoms with Crippen LogP contribution in [0.1, 0.15) is 62.6 Å². The second-order valence-corrected chi connectivity index (χ2v) is 7.58. The summed E-state index contributed by atoms with van der Waals surface area (Å²) < 4.78 is 0. The molecule has 3 aliphatic rings. The van der Waals surface area contributed by atoms with Crippen LogP contribution in [0.4, 0.5) is 11.8 Å². The van der Waals surface area contributed by atoms with Gasteiger partial charge in [0.2, 0.25) is 5.95 Å². The van der Waals surface area contributed by atoms with Gasteiger partial charge in [-0.2, -0.15) is 4.98 Å². The van der Waals surface area contributed by atoms with E-state index < -0.39 is 0 Å². The Kier molecular flexibility index (Phi) is 5.16. The van der Waals surface area contributed by atoms with E-state index in [0.717, 1.165) is 45.0 Å². The molecule has 4 rings (SSSR count). The quantitative estimate of drug-likeness (QED) is 0.889. The van der Waals surface area contributed by atoms with Crippen molar-refractivity contribution in [2.75, 3.05) is 36.4 Å². The molecule has 1 aromatic heterocycles. The third-order valence-electron chi connectivity index (χ3n) is 5.74. The summed E-state index contributed by atoms with van der Waals surface area (Å²) in [5, 5.41) is 7.13. The van der Waals surface area contributed by atoms with Crippen molar-refractivity contribution < 1.29 is 0 Å². The van der Waals surface area contributed by atoms with E-state index in [1.807, 2.05) is 0 Å². The molecule has 1 aromatic rings. The number of aromatic nitrogens is 2. The average molecular weight is 329 g/mol. The largest absolute Gasteiger partial charge is 0.356 e. The first kappa shape index (κ1) is 16.1. The van der Waals surface area contributed by atoms with Crippen molar-refractivity contribution in [2.24, 2.45) is 0 Å². The molecule has 1 atom stereocenters. The van der Waals surface area contributed by atoms with Crippen LogP contribution in [-0.2, 0) is 12.8 Å². The molecule has 2 fully saturated rings. The maximum Gasteiger partial charge on any atom is 0.224 e. The van der Waals surface area contributed by atoms with Crippen LogP contribution < -0.4 is 15.5 Å². The van der Waals surface area contributed by atoms with Gasteiger partial charge >= 0.3 is 0 Å². The summed E-state index contributed by atoms with van der Waals surface area (Å²) >= 11 is 0. The summed E-state index contributed by atoms with van der Waals surface area (Å²) in [6.07, 6.45) is 12.7. The summed E-state index contributed by atoms with van der Waals surface area (Å²) in [5.41, 5.74) is 2.72. The van der Waals surface area contributed by atoms with Gasteiger partial charge in [-0.3, -0.25) is 0 Å². The van der Waals surface area contributed by atoms with Gasteiger partial charge in [-0.1, -0.05) is 19.3 Å². The van der Waals surface area contributed by atoms with Crippen molar-refractivity contribution in [1.82, 2.24) is 15.3 Å². The SMILES string of the molecule is C1CCCN(c2nc(NCC3CCCCN3)nc3c2CCC3)CC1. The van der Waals surface area contributed by atoms with Gasteiger partial charge in [-0.25, -0.2) is 4.98 Å². The lowest BCUT2D eigenvalue weighted by atomic mass is 10.1. The number of hydrogen-bond donors (Lipinski definition) is 2. The molecular weight excluding hydrogens is 298 g/mol. The first-order chi connectivity index (χ1) is 11.9. The Morgan fingerprint density at radius 2 is 1.83 bits per heavy atom. The van der Waals surface area contributed by atoms with Gasteiger partial charge in [-0.05, 0) is 51.5 Å². The molecular formula is C19H31N5. The Morgan fingerprint density at radius 1 is 0.958 bits per heavy atom. The highest BCUT2D eigenvalue weighted by molar-refractivity contribution is 5.54. The van der Waals surface area contributed by atoms with Gasteiger partial charge in [-0.15, -0.1) is 0 Å². The summed E-state index contributed by atoms with van der Waals surface area (Å²) in [6.45, 7) is 4.41. The van der Waals surface area contributed by atoms with Crippen molar-refractivity contribution in [3.63, 3.8) is 0 Å². The zero-order chi connectivity index (χ0) is 16.2. The highest BCUT2D eigenvalue weighted by Gasteiger charge is 2.24. The fourth-order valence-electron chi connectivity index (χ4n) is 4.35. The van der Waals surface area contributed by atoms with Crippen LogP contribution in [0.25, 0.3) is 0 Å². The maximum atomic E-state index is 4.97. The lowest BCUT2D eigenvalue weighted by Crippen LogP contribution is -2.39. The van der Waals surface area contributed by atoms with Gasteiger partial charge in [0.05, 0.1) is 5.69 Å². The van der Waals surface area contributed by atoms with E-state index in [9.17, 15) is 0 Å². The molecule has 0 radical (unpaired) electrons. The lowest BCUT2D eigenvalue weighted by molar-refractivity contribution is 0.413. The molecule has 0 bridgehead atoms. The van der Waals surface area contributed by atoms with Crippen LogP contribution in [0.15, 0.2) is 0 Å². The molecule has 2 saturated heterocycles. The van der Waals surface area contributed by atoms with Crippen LogP contribution in [0.2, 0.25) is 0 Å². The van der Waals surface area contributed by atoms with Crippen molar-refractivity contribution in [2.45, 2.75) is 70.3 Å². The predicted octanol–water partition coefficient (Wildman–Crippen LogP) is 2.90. The minimum absolute atomic E-state index is 0.567. The summed E-state index contributed by atoms with van der Waals surface area (Å²) in [4.78, 5) is 12.3. The topological polar surface area (TPSA) is 53.1 Å². The second kappa shape index (κ2) is 7.68. The van der Waals surface area contributed by atoms with Crippen molar-refractivity contribution in [1.29, 1.82) is 0 Å². The molecule has 0 aromatic carbocycles. The fraction of sp³-hybridized carbons (Fsp3) is 0.789. The van der Waals surface area contributed by atoms with Gasteiger partial charge < -0.3 is 15.5 Å². The normalized spacial score (nSPS) is 24.5. The predicted molar refractivity (Wildman–Crippen MR) is 98.9 cm³/mol. The second-order valence-electron chi connectivity index (χ2n) is 7.58. The van der Waals surface area contributed by atoms with Crippen LogP contribution in [0.3, 0.4) is 0 Å². The zero-order valence-electron chi connectivity index (χ0n) is 14.8. The zero-order valence-corrected chi connectivity index (χ0v) is 14.8. The standard InChI is InChI=1S/C19H31N5/c1-2-6-13-24(12-5-1)18-16-9-7-10-17(16)22-19(23-18)21-14-15-8-3-4-11-20-15/h15,20H,1-14H2,(H,21,22,23). The molecule has 2 aliphatic heterocycles. The van der Waals surface area contributed by atoms with Crippen molar-refractivity contribution >= 4 is 11.8 Å². The highest BCUT2D eigenvalue weighted by atomic mass is 15.2. The van der Waals surface area contributed by atoms with Crippen LogP contribution in [-0.4, -0.2) is 42.2 Å². The average Bonchev–Trinajstić information content (AvgIpc) is 2.93. The van der Waals surface area contributed by atoms with Crippen molar-refractivity contribution in [3.8, 4) is 0 Å². The molecule has 132 valence electrons. The Balaban J connectivity index is 1.51. The van der Waals surface area contributed by atoms with E-state index >= 15 is 0 Å². The van der Waals surface area contributed by atoms with Crippen LogP contribution in [0.5, 0.6) is 0 Å². The van der Waals surface area contributed by atoms with Gasteiger partial charge in [0, 0.05) is 31.2 Å². The number of fused-ring (bicyclic) bond motifs is 1. The van der Waals surface area contributed by atoms with E-state index in [1.54, 1.807) is 0 Å². The van der Waals surface area contributed by atoms with Gasteiger partial charge in [0.1, 0.15) is 5.82 Å². The first-order valence-electron chi connectivity index (χ1n) is 10.0. The molecule has 2 N–H and O–H groups in total. The van der Waals surface area contributed by atoms with E-state index in [2.05, 4.69) is 15.5 Å². The van der Waals surface area contributed by atoms with Crippen molar-refractivity contribution in [3.05, 3.63) is 11.3 Å². The number of nitrogens with zero attached hydrogens (tertiary/aromatic N) is 3. The number of piperidine rings is 1. The summed E-state index contributed by atoms with van der Waals surface area (Å²) in [7, 11) is 0. The Morgan fingerprint density at radius 3 is 2.62 bits per heavy atom. The smallest absolute Gasteiger partial charge is 0.224 e. The molecule has 1 aliphatic carbocycles. The Labute approximate surface area is 145 Å². The number of anilines is 2. The number of aryl methyl sites for hydroxylation is 1. The number of rotatable bonds is 4. The lowest BCUT2D eigenvalue weighted by Gasteiger charge is -2.26. The molecule has 24 heavy (non-hydrogen) atoms. The number of hydrogen-bond acceptors (Lipinski definition) is 5. The summed E-state index contributed by atoms with van der Waals surface area (Å²) in [6, 6.07) is 0.567. The first-order valence-corrected chi connectivity index (χ1v) is 10.0. The van der Waals surface area contributed by atoms with E-state index in [1.165, 1.54) is 68.4 Å². The number of nitrogens with one attached hydrogen (secondary N) is 2. The minimum Gasteiger partial charge on any atom is -0.356 e. The molecule has 0 spiro atoms. The molecule has 3 heterocycles. The third-order valence-corrected chi connectivity index (χ3v) is 5.74. The maximum absolute atomic E-state index is 4.97. The fourth-order valence-corrected chi connectivity index (χ4v) is 4.35. The Bertz CT molecular complexity index is 545. The third kappa shape index (κ3) is 3.66. The van der Waals surface area contributed by atoms with Crippen LogP contribution in [0, 0.1) is 0 Å². The van der Waals surface area contributed by atoms with E-state index in [-0.39, 0.29) is 0 Å². The van der Waals surface area contributed by atoms with Gasteiger partial charge in [0.25, 0.3) is 0 Å². The monoisotopic (exact) mass is 329 g/mol. The Hall–Kier alpha value is -1.36. The van der Waals surface area contributed by atoms with Gasteiger partial charge in [0.15, 0.2) is 0 Å². The van der Waals surface area contributed by atoms with Crippen LogP contribution >= 0.6 is 0 Å². The molecule has 5 nitrogen and oxygen atoms in total. The highest BCUT2D eigenvalue weighted by Crippen LogP contribution is 2.31. The van der Waals surface area contributed by atoms with E-state index in [4.69, 9.17) is 9.97 Å². The minimum atomic E-state index is 0.567. The molecule has 0 amide bonds.